The van der Waals surface area contributed by atoms with Gasteiger partial charge in [-0.25, -0.2) is 27.5 Å². The first-order chi connectivity index (χ1) is 20.4. The fraction of sp³-hybridized carbons (Fsp3) is 0.448. The zero-order valence-corrected chi connectivity index (χ0v) is 24.2. The first-order valence-electron chi connectivity index (χ1n) is 13.9. The summed E-state index contributed by atoms with van der Waals surface area (Å²) in [6.45, 7) is 8.29. The van der Waals surface area contributed by atoms with Crippen LogP contribution >= 0.6 is 0 Å². The van der Waals surface area contributed by atoms with Gasteiger partial charge in [0.2, 0.25) is 11.5 Å². The van der Waals surface area contributed by atoms with E-state index in [0.717, 1.165) is 12.3 Å². The van der Waals surface area contributed by atoms with Gasteiger partial charge in [-0.15, -0.1) is 0 Å². The maximum Gasteiger partial charge on any atom is 0.264 e. The van der Waals surface area contributed by atoms with Gasteiger partial charge < -0.3 is 29.7 Å². The van der Waals surface area contributed by atoms with Crippen molar-refractivity contribution in [1.82, 2.24) is 19.9 Å². The maximum atomic E-state index is 16.4. The highest BCUT2D eigenvalue weighted by molar-refractivity contribution is 6.07. The monoisotopic (exact) mass is 603 g/mol. The Morgan fingerprint density at radius 1 is 1.05 bits per heavy atom. The summed E-state index contributed by atoms with van der Waals surface area (Å²) in [7, 11) is 1.93. The lowest BCUT2D eigenvalue weighted by atomic mass is 10.0. The lowest BCUT2D eigenvalue weighted by Crippen LogP contribution is -2.50. The minimum Gasteiger partial charge on any atom is -0.372 e. The van der Waals surface area contributed by atoms with Crippen molar-refractivity contribution in [2.24, 2.45) is 0 Å². The molecule has 0 saturated carbocycles. The molecule has 0 radical (unpaired) electrons. The number of aromatic nitrogens is 3. The highest BCUT2D eigenvalue weighted by atomic mass is 19.3. The predicted molar refractivity (Wildman–Crippen MR) is 154 cm³/mol. The molecule has 2 N–H and O–H groups in total. The maximum absolute atomic E-state index is 16.4. The SMILES string of the molecule is CC1CN(c2ncc(-c3c(F)cc(N4CCN(C)[C@@H](C)C4)c(NC(=O)c4c[nH]c(=O)cc4C(F)F)c3F)cn2)C[C@H](C)O1. The molecule has 1 aromatic carbocycles. The number of benzene rings is 1. The largest absolute Gasteiger partial charge is 0.372 e. The van der Waals surface area contributed by atoms with Crippen molar-refractivity contribution in [3.8, 4) is 11.1 Å². The summed E-state index contributed by atoms with van der Waals surface area (Å²) in [5.41, 5.74) is -2.95. The number of alkyl halides is 2. The van der Waals surface area contributed by atoms with Crippen molar-refractivity contribution < 1.29 is 27.1 Å². The van der Waals surface area contributed by atoms with E-state index in [1.807, 2.05) is 32.7 Å². The number of morpholine rings is 1. The zero-order chi connectivity index (χ0) is 31.0. The number of H-pyrrole nitrogens is 1. The minimum atomic E-state index is -3.14. The lowest BCUT2D eigenvalue weighted by Gasteiger charge is -2.39. The van der Waals surface area contributed by atoms with E-state index in [1.165, 1.54) is 12.4 Å². The number of carbonyl (C=O) groups is 1. The Morgan fingerprint density at radius 2 is 1.72 bits per heavy atom. The van der Waals surface area contributed by atoms with E-state index in [4.69, 9.17) is 4.74 Å². The lowest BCUT2D eigenvalue weighted by molar-refractivity contribution is -0.00572. The molecule has 5 rings (SSSR count). The predicted octanol–water partition coefficient (Wildman–Crippen LogP) is 4.05. The number of halogens is 4. The van der Waals surface area contributed by atoms with E-state index in [1.54, 1.807) is 4.90 Å². The van der Waals surface area contributed by atoms with Crippen molar-refractivity contribution in [3.63, 3.8) is 0 Å². The van der Waals surface area contributed by atoms with Crippen LogP contribution in [-0.4, -0.2) is 83.8 Å². The van der Waals surface area contributed by atoms with Gasteiger partial charge in [0, 0.05) is 80.6 Å². The number of rotatable bonds is 6. The standard InChI is InChI=1S/C29H33F4N7O3/c1-15-12-39(6-5-38(15)4)22-8-21(30)24(18-9-35-29(36-10-18)40-13-16(2)43-17(3)14-40)25(31)26(22)37-28(42)20-11-34-23(41)7-19(20)27(32)33/h7-11,15-17,27H,5-6,12-14H2,1-4H3,(H,34,41)(H,37,42)/t15-,16-,17?/m0/s1. The number of ether oxygens (including phenoxy) is 1. The second kappa shape index (κ2) is 12.3. The fourth-order valence-corrected chi connectivity index (χ4v) is 5.51. The normalized spacial score (nSPS) is 21.4. The summed E-state index contributed by atoms with van der Waals surface area (Å²) in [6, 6.07) is 1.76. The van der Waals surface area contributed by atoms with Crippen molar-refractivity contribution >= 4 is 23.2 Å². The summed E-state index contributed by atoms with van der Waals surface area (Å²) in [6.07, 6.45) is 0.210. The Hall–Kier alpha value is -4.04. The van der Waals surface area contributed by atoms with Crippen LogP contribution in [0.3, 0.4) is 0 Å². The van der Waals surface area contributed by atoms with Gasteiger partial charge >= 0.3 is 0 Å². The molecule has 2 aliphatic rings. The summed E-state index contributed by atoms with van der Waals surface area (Å²) in [4.78, 5) is 41.5. The molecule has 3 aromatic rings. The molecular formula is C29H33F4N7O3. The van der Waals surface area contributed by atoms with Gasteiger partial charge in [-0.05, 0) is 27.8 Å². The number of nitrogens with zero attached hydrogens (tertiary/aromatic N) is 5. The Morgan fingerprint density at radius 3 is 2.35 bits per heavy atom. The van der Waals surface area contributed by atoms with Crippen LogP contribution in [0.2, 0.25) is 0 Å². The average molecular weight is 604 g/mol. The summed E-state index contributed by atoms with van der Waals surface area (Å²) >= 11 is 0. The van der Waals surface area contributed by atoms with E-state index in [9.17, 15) is 18.4 Å². The van der Waals surface area contributed by atoms with Crippen LogP contribution in [0.1, 0.15) is 43.1 Å². The van der Waals surface area contributed by atoms with Gasteiger partial charge in [0.15, 0.2) is 5.82 Å². The summed E-state index contributed by atoms with van der Waals surface area (Å²) in [5.74, 6) is -2.73. The highest BCUT2D eigenvalue weighted by Crippen LogP contribution is 2.39. The molecule has 1 amide bonds. The number of carbonyl (C=O) groups excluding carboxylic acids is 1. The number of anilines is 3. The van der Waals surface area contributed by atoms with Crippen LogP contribution in [0.4, 0.5) is 34.9 Å². The van der Waals surface area contributed by atoms with Gasteiger partial charge in [0.05, 0.1) is 29.0 Å². The van der Waals surface area contributed by atoms with Gasteiger partial charge in [-0.2, -0.15) is 0 Å². The second-order valence-electron chi connectivity index (χ2n) is 11.1. The van der Waals surface area contributed by atoms with E-state index in [2.05, 4.69) is 25.2 Å². The molecule has 0 bridgehead atoms. The molecule has 2 aliphatic heterocycles. The van der Waals surface area contributed by atoms with Crippen LogP contribution in [0.5, 0.6) is 0 Å². The first kappa shape index (κ1) is 30.4. The Bertz CT molecular complexity index is 1540. The number of piperazine rings is 1. The molecule has 1 unspecified atom stereocenters. The van der Waals surface area contributed by atoms with Crippen LogP contribution in [0.15, 0.2) is 35.5 Å². The van der Waals surface area contributed by atoms with Crippen LogP contribution in [0.25, 0.3) is 11.1 Å². The number of nitrogens with one attached hydrogen (secondary N) is 2. The Balaban J connectivity index is 1.55. The quantitative estimate of drug-likeness (QED) is 0.407. The van der Waals surface area contributed by atoms with Crippen molar-refractivity contribution in [2.75, 3.05) is 54.9 Å². The van der Waals surface area contributed by atoms with Gasteiger partial charge in [-0.1, -0.05) is 0 Å². The van der Waals surface area contributed by atoms with Gasteiger partial charge in [0.25, 0.3) is 12.3 Å². The molecule has 0 spiro atoms. The first-order valence-corrected chi connectivity index (χ1v) is 13.9. The molecular weight excluding hydrogens is 570 g/mol. The average Bonchev–Trinajstić information content (AvgIpc) is 2.95. The van der Waals surface area contributed by atoms with E-state index in [0.29, 0.717) is 44.7 Å². The number of aromatic amines is 1. The molecule has 10 nitrogen and oxygen atoms in total. The molecule has 4 heterocycles. The summed E-state index contributed by atoms with van der Waals surface area (Å²) < 4.78 is 65.2. The Kier molecular flexibility index (Phi) is 8.69. The van der Waals surface area contributed by atoms with Crippen molar-refractivity contribution in [2.45, 2.75) is 45.4 Å². The number of amides is 1. The van der Waals surface area contributed by atoms with Crippen LogP contribution in [-0.2, 0) is 4.74 Å². The van der Waals surface area contributed by atoms with Crippen molar-refractivity contribution in [3.05, 3.63) is 63.8 Å². The molecule has 14 heteroatoms. The topological polar surface area (TPSA) is 107 Å². The van der Waals surface area contributed by atoms with Crippen LogP contribution in [0, 0.1) is 11.6 Å². The van der Waals surface area contributed by atoms with E-state index >= 15 is 8.78 Å². The second-order valence-corrected chi connectivity index (χ2v) is 11.1. The minimum absolute atomic E-state index is 0.0270. The van der Waals surface area contributed by atoms with E-state index in [-0.39, 0.29) is 35.2 Å². The molecule has 3 atom stereocenters. The smallest absolute Gasteiger partial charge is 0.264 e. The van der Waals surface area contributed by atoms with Crippen LogP contribution < -0.4 is 20.7 Å². The molecule has 2 fully saturated rings. The third-order valence-electron chi connectivity index (χ3n) is 7.80. The third kappa shape index (κ3) is 6.34. The van der Waals surface area contributed by atoms with Gasteiger partial charge in [0.1, 0.15) is 11.5 Å². The molecule has 0 aliphatic carbocycles. The third-order valence-corrected chi connectivity index (χ3v) is 7.80. The zero-order valence-electron chi connectivity index (χ0n) is 24.2. The number of likely N-dealkylation sites (N-methyl/N-ethyl adjacent to an activating group) is 1. The molecule has 2 aromatic heterocycles. The molecule has 230 valence electrons. The number of pyridine rings is 1. The Labute approximate surface area is 245 Å². The number of hydrogen-bond donors (Lipinski definition) is 2. The summed E-state index contributed by atoms with van der Waals surface area (Å²) in [5, 5.41) is 2.39. The fourth-order valence-electron chi connectivity index (χ4n) is 5.51. The van der Waals surface area contributed by atoms with Crippen molar-refractivity contribution in [1.29, 1.82) is 0 Å². The molecule has 2 saturated heterocycles. The number of hydrogen-bond acceptors (Lipinski definition) is 8. The van der Waals surface area contributed by atoms with E-state index < -0.39 is 46.2 Å². The molecule has 43 heavy (non-hydrogen) atoms. The van der Waals surface area contributed by atoms with Gasteiger partial charge in [-0.3, -0.25) is 9.59 Å². The highest BCUT2D eigenvalue weighted by Gasteiger charge is 2.30.